The first-order chi connectivity index (χ1) is 6.98. The van der Waals surface area contributed by atoms with E-state index >= 15 is 0 Å². The third-order valence-electron chi connectivity index (χ3n) is 2.31. The Bertz CT molecular complexity index is 276. The van der Waals surface area contributed by atoms with Crippen molar-refractivity contribution in [1.29, 1.82) is 0 Å². The van der Waals surface area contributed by atoms with E-state index in [2.05, 4.69) is 0 Å². The SMILES string of the molecule is CCOC1C=CC(N)=CC1(N)CC(O)O. The van der Waals surface area contributed by atoms with Crippen molar-refractivity contribution in [2.45, 2.75) is 31.3 Å². The number of aliphatic hydroxyl groups excluding tert-OH is 1. The summed E-state index contributed by atoms with van der Waals surface area (Å²) in [4.78, 5) is 0. The molecule has 0 saturated heterocycles. The van der Waals surface area contributed by atoms with Gasteiger partial charge in [-0.25, -0.2) is 0 Å². The first kappa shape index (κ1) is 12.2. The van der Waals surface area contributed by atoms with Gasteiger partial charge in [0.15, 0.2) is 6.29 Å². The van der Waals surface area contributed by atoms with E-state index in [4.69, 9.17) is 26.4 Å². The predicted molar refractivity (Wildman–Crippen MR) is 56.6 cm³/mol. The highest BCUT2D eigenvalue weighted by molar-refractivity contribution is 5.31. The smallest absolute Gasteiger partial charge is 0.153 e. The third-order valence-corrected chi connectivity index (χ3v) is 2.31. The first-order valence-electron chi connectivity index (χ1n) is 4.91. The van der Waals surface area contributed by atoms with E-state index in [1.54, 1.807) is 18.2 Å². The Balaban J connectivity index is 2.83. The van der Waals surface area contributed by atoms with Gasteiger partial charge in [-0.15, -0.1) is 0 Å². The summed E-state index contributed by atoms with van der Waals surface area (Å²) in [5.41, 5.74) is 11.2. The number of ether oxygens (including phenoxy) is 1. The van der Waals surface area contributed by atoms with Crippen molar-refractivity contribution >= 4 is 0 Å². The molecule has 0 aromatic heterocycles. The second-order valence-electron chi connectivity index (χ2n) is 3.68. The molecule has 1 aliphatic carbocycles. The van der Waals surface area contributed by atoms with Crippen molar-refractivity contribution in [2.75, 3.05) is 6.61 Å². The topological polar surface area (TPSA) is 102 Å². The molecule has 86 valence electrons. The molecule has 0 fully saturated rings. The van der Waals surface area contributed by atoms with Crippen LogP contribution in [0.25, 0.3) is 0 Å². The van der Waals surface area contributed by atoms with Crippen LogP contribution in [0.15, 0.2) is 23.9 Å². The Morgan fingerprint density at radius 1 is 1.60 bits per heavy atom. The summed E-state index contributed by atoms with van der Waals surface area (Å²) in [6, 6.07) is 0. The monoisotopic (exact) mass is 214 g/mol. The second kappa shape index (κ2) is 4.76. The van der Waals surface area contributed by atoms with E-state index in [0.717, 1.165) is 0 Å². The second-order valence-corrected chi connectivity index (χ2v) is 3.68. The third kappa shape index (κ3) is 3.04. The van der Waals surface area contributed by atoms with Crippen molar-refractivity contribution in [2.24, 2.45) is 11.5 Å². The van der Waals surface area contributed by atoms with E-state index in [1.165, 1.54) is 0 Å². The van der Waals surface area contributed by atoms with Crippen molar-refractivity contribution in [3.05, 3.63) is 23.9 Å². The van der Waals surface area contributed by atoms with Crippen LogP contribution in [0.1, 0.15) is 13.3 Å². The van der Waals surface area contributed by atoms with Crippen LogP contribution in [0.2, 0.25) is 0 Å². The van der Waals surface area contributed by atoms with E-state index in [-0.39, 0.29) is 12.5 Å². The molecule has 0 aliphatic heterocycles. The Hall–Kier alpha value is -0.880. The number of allylic oxidation sites excluding steroid dienone is 1. The molecule has 0 spiro atoms. The average molecular weight is 214 g/mol. The molecular formula is C10H18N2O3. The highest BCUT2D eigenvalue weighted by Gasteiger charge is 2.35. The zero-order valence-corrected chi connectivity index (χ0v) is 8.76. The first-order valence-corrected chi connectivity index (χ1v) is 4.91. The fourth-order valence-corrected chi connectivity index (χ4v) is 1.70. The van der Waals surface area contributed by atoms with Crippen LogP contribution in [-0.2, 0) is 4.74 Å². The summed E-state index contributed by atoms with van der Waals surface area (Å²) in [5, 5.41) is 17.9. The van der Waals surface area contributed by atoms with Gasteiger partial charge in [-0.2, -0.15) is 0 Å². The predicted octanol–water partition coefficient (Wildman–Crippen LogP) is -0.798. The van der Waals surface area contributed by atoms with Gasteiger partial charge in [-0.1, -0.05) is 6.08 Å². The quantitative estimate of drug-likeness (QED) is 0.459. The number of aliphatic hydroxyl groups is 2. The lowest BCUT2D eigenvalue weighted by Gasteiger charge is -2.35. The standard InChI is InChI=1S/C10H18N2O3/c1-2-15-8-4-3-7(11)5-10(8,12)6-9(13)14/h3-5,8-9,13-14H,2,6,11-12H2,1H3. The maximum Gasteiger partial charge on any atom is 0.153 e. The molecule has 15 heavy (non-hydrogen) atoms. The van der Waals surface area contributed by atoms with Crippen molar-refractivity contribution < 1.29 is 14.9 Å². The van der Waals surface area contributed by atoms with Gasteiger partial charge in [-0.05, 0) is 19.1 Å². The molecular weight excluding hydrogens is 196 g/mol. The number of rotatable bonds is 4. The van der Waals surface area contributed by atoms with Crippen LogP contribution in [0.4, 0.5) is 0 Å². The highest BCUT2D eigenvalue weighted by Crippen LogP contribution is 2.24. The molecule has 1 rings (SSSR count). The van der Waals surface area contributed by atoms with Crippen LogP contribution >= 0.6 is 0 Å². The van der Waals surface area contributed by atoms with E-state index < -0.39 is 11.8 Å². The maximum absolute atomic E-state index is 8.97. The largest absolute Gasteiger partial charge is 0.399 e. The molecule has 5 nitrogen and oxygen atoms in total. The molecule has 0 amide bonds. The van der Waals surface area contributed by atoms with Gasteiger partial charge in [0.2, 0.25) is 0 Å². The molecule has 2 atom stereocenters. The van der Waals surface area contributed by atoms with Crippen LogP contribution in [-0.4, -0.2) is 34.8 Å². The number of nitrogens with two attached hydrogens (primary N) is 2. The van der Waals surface area contributed by atoms with Gasteiger partial charge in [0.1, 0.15) is 0 Å². The Kier molecular flexibility index (Phi) is 3.87. The minimum Gasteiger partial charge on any atom is -0.399 e. The number of hydrogen-bond acceptors (Lipinski definition) is 5. The van der Waals surface area contributed by atoms with Gasteiger partial charge in [0.05, 0.1) is 11.6 Å². The van der Waals surface area contributed by atoms with Crippen LogP contribution in [0.3, 0.4) is 0 Å². The molecule has 2 unspecified atom stereocenters. The zero-order valence-electron chi connectivity index (χ0n) is 8.76. The van der Waals surface area contributed by atoms with Crippen LogP contribution in [0, 0.1) is 0 Å². The number of hydrogen-bond donors (Lipinski definition) is 4. The molecule has 0 saturated carbocycles. The average Bonchev–Trinajstić information content (AvgIpc) is 2.08. The summed E-state index contributed by atoms with van der Waals surface area (Å²) in [6.07, 6.45) is 3.18. The highest BCUT2D eigenvalue weighted by atomic mass is 16.5. The minimum atomic E-state index is -1.48. The van der Waals surface area contributed by atoms with Gasteiger partial charge >= 0.3 is 0 Å². The van der Waals surface area contributed by atoms with E-state index in [9.17, 15) is 0 Å². The zero-order chi connectivity index (χ0) is 11.5. The Morgan fingerprint density at radius 3 is 2.80 bits per heavy atom. The minimum absolute atomic E-state index is 0.0112. The fraction of sp³-hybridized carbons (Fsp3) is 0.600. The van der Waals surface area contributed by atoms with Crippen LogP contribution in [0.5, 0.6) is 0 Å². The van der Waals surface area contributed by atoms with Crippen molar-refractivity contribution in [3.8, 4) is 0 Å². The Labute approximate surface area is 89.0 Å². The molecule has 0 radical (unpaired) electrons. The summed E-state index contributed by atoms with van der Waals surface area (Å²) in [5.74, 6) is 0. The normalized spacial score (nSPS) is 30.7. The molecule has 0 bridgehead atoms. The molecule has 0 aromatic carbocycles. The summed E-state index contributed by atoms with van der Waals surface area (Å²) in [7, 11) is 0. The van der Waals surface area contributed by atoms with Gasteiger partial charge < -0.3 is 26.4 Å². The van der Waals surface area contributed by atoms with Gasteiger partial charge in [0.25, 0.3) is 0 Å². The van der Waals surface area contributed by atoms with E-state index in [0.29, 0.717) is 12.3 Å². The molecule has 1 aliphatic rings. The molecule has 0 heterocycles. The fourth-order valence-electron chi connectivity index (χ4n) is 1.70. The molecule has 0 aromatic rings. The van der Waals surface area contributed by atoms with Gasteiger partial charge in [0, 0.05) is 18.7 Å². The summed E-state index contributed by atoms with van der Waals surface area (Å²) >= 11 is 0. The van der Waals surface area contributed by atoms with Crippen molar-refractivity contribution in [3.63, 3.8) is 0 Å². The maximum atomic E-state index is 8.97. The molecule has 5 heteroatoms. The van der Waals surface area contributed by atoms with Gasteiger partial charge in [-0.3, -0.25) is 0 Å². The van der Waals surface area contributed by atoms with Crippen molar-refractivity contribution in [1.82, 2.24) is 0 Å². The lowest BCUT2D eigenvalue weighted by Crippen LogP contribution is -2.53. The van der Waals surface area contributed by atoms with E-state index in [1.807, 2.05) is 6.92 Å². The molecule has 6 N–H and O–H groups in total. The Morgan fingerprint density at radius 2 is 2.27 bits per heavy atom. The lowest BCUT2D eigenvalue weighted by atomic mass is 9.85. The summed E-state index contributed by atoms with van der Waals surface area (Å²) < 4.78 is 5.41. The summed E-state index contributed by atoms with van der Waals surface area (Å²) in [6.45, 7) is 2.36. The van der Waals surface area contributed by atoms with Crippen LogP contribution < -0.4 is 11.5 Å². The lowest BCUT2D eigenvalue weighted by molar-refractivity contribution is -0.0706.